The number of ether oxygens (including phenoxy) is 1. The maximum Gasteiger partial charge on any atom is 0.268 e. The Kier molecular flexibility index (Phi) is 3.07. The highest BCUT2D eigenvalue weighted by Gasteiger charge is 2.04. The van der Waals surface area contributed by atoms with E-state index in [1.807, 2.05) is 5.38 Å². The molecule has 0 spiro atoms. The Hall–Kier alpha value is -0.590. The topological polar surface area (TPSA) is 63.6 Å². The van der Waals surface area contributed by atoms with Crippen molar-refractivity contribution in [3.63, 3.8) is 0 Å². The third-order valence-electron chi connectivity index (χ3n) is 1.11. The number of hydrogen-bond acceptors (Lipinski definition) is 4. The molecule has 0 aliphatic heterocycles. The molecule has 0 fully saturated rings. The molecule has 1 aromatic rings. The second-order valence-corrected chi connectivity index (χ2v) is 4.45. The summed E-state index contributed by atoms with van der Waals surface area (Å²) in [6.45, 7) is -0.0183. The van der Waals surface area contributed by atoms with Crippen molar-refractivity contribution in [1.82, 2.24) is 0 Å². The van der Waals surface area contributed by atoms with Gasteiger partial charge < -0.3 is 4.74 Å². The van der Waals surface area contributed by atoms with Gasteiger partial charge in [0, 0.05) is 5.38 Å². The summed E-state index contributed by atoms with van der Waals surface area (Å²) in [5.74, 6) is 0.256. The SMILES string of the molecule is O=S(=O)(O)CCOc1ccsc1. The highest BCUT2D eigenvalue weighted by atomic mass is 32.2. The highest BCUT2D eigenvalue weighted by molar-refractivity contribution is 7.85. The Balaban J connectivity index is 2.29. The molecule has 0 radical (unpaired) electrons. The van der Waals surface area contributed by atoms with Gasteiger partial charge in [0.05, 0.1) is 0 Å². The zero-order valence-electron chi connectivity index (χ0n) is 6.13. The van der Waals surface area contributed by atoms with Crippen molar-refractivity contribution in [2.45, 2.75) is 0 Å². The number of thiophene rings is 1. The molecule has 1 aromatic heterocycles. The first kappa shape index (κ1) is 9.50. The molecule has 4 nitrogen and oxygen atoms in total. The lowest BCUT2D eigenvalue weighted by atomic mass is 10.6. The lowest BCUT2D eigenvalue weighted by molar-refractivity contribution is 0.337. The van der Waals surface area contributed by atoms with Crippen LogP contribution in [0.2, 0.25) is 0 Å². The summed E-state index contributed by atoms with van der Waals surface area (Å²) in [7, 11) is -3.90. The zero-order valence-corrected chi connectivity index (χ0v) is 7.77. The smallest absolute Gasteiger partial charge is 0.268 e. The molecule has 1 N–H and O–H groups in total. The molecule has 68 valence electrons. The molecule has 0 bridgehead atoms. The third kappa shape index (κ3) is 3.70. The van der Waals surface area contributed by atoms with Crippen LogP contribution in [0, 0.1) is 0 Å². The Morgan fingerprint density at radius 1 is 1.58 bits per heavy atom. The third-order valence-corrected chi connectivity index (χ3v) is 2.45. The fourth-order valence-corrected chi connectivity index (χ4v) is 1.46. The average molecular weight is 208 g/mol. The summed E-state index contributed by atoms with van der Waals surface area (Å²) in [4.78, 5) is 0. The van der Waals surface area contributed by atoms with E-state index in [1.54, 1.807) is 11.4 Å². The summed E-state index contributed by atoms with van der Waals surface area (Å²) in [5.41, 5.74) is 0. The van der Waals surface area contributed by atoms with Gasteiger partial charge in [-0.15, -0.1) is 11.3 Å². The molecule has 0 unspecified atom stereocenters. The maximum atomic E-state index is 10.2. The Labute approximate surface area is 74.5 Å². The summed E-state index contributed by atoms with van der Waals surface area (Å²) in [6.07, 6.45) is 0. The highest BCUT2D eigenvalue weighted by Crippen LogP contribution is 2.14. The molecule has 12 heavy (non-hydrogen) atoms. The quantitative estimate of drug-likeness (QED) is 0.750. The van der Waals surface area contributed by atoms with E-state index in [2.05, 4.69) is 0 Å². The van der Waals surface area contributed by atoms with Crippen LogP contribution in [0.15, 0.2) is 16.8 Å². The van der Waals surface area contributed by atoms with Crippen molar-refractivity contribution in [2.75, 3.05) is 12.4 Å². The maximum absolute atomic E-state index is 10.2. The first-order valence-electron chi connectivity index (χ1n) is 3.18. The van der Waals surface area contributed by atoms with Crippen molar-refractivity contribution in [2.24, 2.45) is 0 Å². The van der Waals surface area contributed by atoms with Crippen LogP contribution in [0.25, 0.3) is 0 Å². The van der Waals surface area contributed by atoms with E-state index < -0.39 is 10.1 Å². The lowest BCUT2D eigenvalue weighted by Crippen LogP contribution is -2.12. The molecule has 0 amide bonds. The van der Waals surface area contributed by atoms with Crippen molar-refractivity contribution >= 4 is 21.5 Å². The van der Waals surface area contributed by atoms with Gasteiger partial charge in [-0.25, -0.2) is 0 Å². The molecule has 6 heteroatoms. The van der Waals surface area contributed by atoms with Gasteiger partial charge in [0.2, 0.25) is 0 Å². The first-order valence-corrected chi connectivity index (χ1v) is 5.73. The summed E-state index contributed by atoms with van der Waals surface area (Å²) in [5, 5.41) is 3.58. The fourth-order valence-electron chi connectivity index (χ4n) is 0.599. The van der Waals surface area contributed by atoms with Crippen molar-refractivity contribution in [1.29, 1.82) is 0 Å². The number of rotatable bonds is 4. The Morgan fingerprint density at radius 2 is 2.33 bits per heavy atom. The fraction of sp³-hybridized carbons (Fsp3) is 0.333. The molecule has 1 heterocycles. The van der Waals surface area contributed by atoms with E-state index in [1.165, 1.54) is 11.3 Å². The second-order valence-electron chi connectivity index (χ2n) is 2.09. The normalized spacial score (nSPS) is 11.4. The van der Waals surface area contributed by atoms with Crippen molar-refractivity contribution < 1.29 is 17.7 Å². The van der Waals surface area contributed by atoms with Gasteiger partial charge >= 0.3 is 0 Å². The standard InChI is InChI=1S/C6H8O4S2/c7-12(8,9)4-2-10-6-1-3-11-5-6/h1,3,5H,2,4H2,(H,7,8,9). The number of hydrogen-bond donors (Lipinski definition) is 1. The summed E-state index contributed by atoms with van der Waals surface area (Å²) >= 11 is 1.46. The second kappa shape index (κ2) is 3.88. The Morgan fingerprint density at radius 3 is 2.83 bits per heavy atom. The van der Waals surface area contributed by atoms with E-state index in [-0.39, 0.29) is 12.4 Å². The van der Waals surface area contributed by atoms with Gasteiger partial charge in [-0.05, 0) is 11.4 Å². The molecular weight excluding hydrogens is 200 g/mol. The molecule has 0 aliphatic rings. The monoisotopic (exact) mass is 208 g/mol. The Bertz CT molecular complexity index is 313. The predicted octanol–water partition coefficient (Wildman–Crippen LogP) is 1.01. The van der Waals surface area contributed by atoms with Gasteiger partial charge in [0.1, 0.15) is 18.1 Å². The van der Waals surface area contributed by atoms with Gasteiger partial charge in [-0.2, -0.15) is 8.42 Å². The molecule has 0 aromatic carbocycles. The van der Waals surface area contributed by atoms with Crippen LogP contribution in [0.1, 0.15) is 0 Å². The van der Waals surface area contributed by atoms with Gasteiger partial charge in [0.25, 0.3) is 10.1 Å². The van der Waals surface area contributed by atoms with E-state index in [0.29, 0.717) is 5.75 Å². The molecule has 0 aliphatic carbocycles. The zero-order chi connectivity index (χ0) is 9.03. The van der Waals surface area contributed by atoms with E-state index in [9.17, 15) is 8.42 Å². The minimum absolute atomic E-state index is 0.0183. The summed E-state index contributed by atoms with van der Waals surface area (Å²) in [6, 6.07) is 1.73. The minimum atomic E-state index is -3.90. The molecule has 0 saturated heterocycles. The first-order chi connectivity index (χ1) is 5.58. The van der Waals surface area contributed by atoms with Crippen LogP contribution >= 0.6 is 11.3 Å². The van der Waals surface area contributed by atoms with Gasteiger partial charge in [-0.3, -0.25) is 4.55 Å². The van der Waals surface area contributed by atoms with E-state index >= 15 is 0 Å². The predicted molar refractivity (Wildman–Crippen MR) is 46.2 cm³/mol. The van der Waals surface area contributed by atoms with Crippen LogP contribution in [-0.2, 0) is 10.1 Å². The van der Waals surface area contributed by atoms with Crippen LogP contribution in [0.5, 0.6) is 5.75 Å². The van der Waals surface area contributed by atoms with Gasteiger partial charge in [-0.1, -0.05) is 0 Å². The largest absolute Gasteiger partial charge is 0.492 e. The van der Waals surface area contributed by atoms with Crippen LogP contribution in [0.3, 0.4) is 0 Å². The minimum Gasteiger partial charge on any atom is -0.492 e. The van der Waals surface area contributed by atoms with Crippen molar-refractivity contribution in [3.8, 4) is 5.75 Å². The van der Waals surface area contributed by atoms with Crippen LogP contribution in [0.4, 0.5) is 0 Å². The van der Waals surface area contributed by atoms with Crippen molar-refractivity contribution in [3.05, 3.63) is 16.8 Å². The molecule has 0 atom stereocenters. The van der Waals surface area contributed by atoms with Crippen LogP contribution in [-0.4, -0.2) is 25.3 Å². The lowest BCUT2D eigenvalue weighted by Gasteiger charge is -2.00. The molecule has 0 saturated carbocycles. The summed E-state index contributed by atoms with van der Waals surface area (Å²) < 4.78 is 33.8. The van der Waals surface area contributed by atoms with Gasteiger partial charge in [0.15, 0.2) is 0 Å². The van der Waals surface area contributed by atoms with E-state index in [4.69, 9.17) is 9.29 Å². The van der Waals surface area contributed by atoms with E-state index in [0.717, 1.165) is 0 Å². The molecular formula is C6H8O4S2. The average Bonchev–Trinajstić information content (AvgIpc) is 2.36. The van der Waals surface area contributed by atoms with Crippen LogP contribution < -0.4 is 4.74 Å². The molecule has 1 rings (SSSR count).